The molecule has 0 saturated heterocycles. The van der Waals surface area contributed by atoms with Crippen molar-refractivity contribution in [2.24, 2.45) is 5.73 Å². The Hall–Kier alpha value is -2.40. The number of phenols is 1. The van der Waals surface area contributed by atoms with Crippen molar-refractivity contribution in [2.45, 2.75) is 19.0 Å². The molecule has 0 heterocycles. The maximum absolute atomic E-state index is 13.4. The van der Waals surface area contributed by atoms with Crippen LogP contribution in [0, 0.1) is 5.82 Å². The molecular weight excluding hydrogens is 271 g/mol. The maximum Gasteiger partial charge on any atom is 0.237 e. The quantitative estimate of drug-likeness (QED) is 0.784. The van der Waals surface area contributed by atoms with Gasteiger partial charge in [0.2, 0.25) is 5.91 Å². The third-order valence-corrected chi connectivity index (χ3v) is 3.14. The highest BCUT2D eigenvalue weighted by atomic mass is 19.1. The molecular formula is C16H17FN2O2. The number of phenolic OH excluding ortho intramolecular Hbond substituents is 1. The lowest BCUT2D eigenvalue weighted by Gasteiger charge is -2.12. The van der Waals surface area contributed by atoms with E-state index in [1.165, 1.54) is 6.07 Å². The first-order valence-corrected chi connectivity index (χ1v) is 6.61. The Morgan fingerprint density at radius 3 is 2.52 bits per heavy atom. The minimum atomic E-state index is -0.721. The van der Waals surface area contributed by atoms with Gasteiger partial charge in [-0.05, 0) is 30.2 Å². The van der Waals surface area contributed by atoms with Crippen molar-refractivity contribution in [1.29, 1.82) is 0 Å². The average Bonchev–Trinajstić information content (AvgIpc) is 2.48. The van der Waals surface area contributed by atoms with Crippen molar-refractivity contribution < 1.29 is 14.3 Å². The summed E-state index contributed by atoms with van der Waals surface area (Å²) in [6, 6.07) is 12.0. The van der Waals surface area contributed by atoms with E-state index < -0.39 is 6.04 Å². The van der Waals surface area contributed by atoms with Gasteiger partial charge in [0.15, 0.2) is 0 Å². The van der Waals surface area contributed by atoms with Crippen LogP contribution in [0.25, 0.3) is 0 Å². The van der Waals surface area contributed by atoms with Crippen molar-refractivity contribution >= 4 is 5.91 Å². The number of halogens is 1. The number of carbonyl (C=O) groups is 1. The van der Waals surface area contributed by atoms with E-state index in [-0.39, 0.29) is 24.0 Å². The summed E-state index contributed by atoms with van der Waals surface area (Å²) >= 11 is 0. The molecule has 2 aromatic carbocycles. The predicted octanol–water partition coefficient (Wildman–Crippen LogP) is 1.72. The number of benzene rings is 2. The highest BCUT2D eigenvalue weighted by molar-refractivity contribution is 5.81. The van der Waals surface area contributed by atoms with Crippen molar-refractivity contribution in [3.05, 3.63) is 65.5 Å². The van der Waals surface area contributed by atoms with Gasteiger partial charge < -0.3 is 16.2 Å². The number of amides is 1. The molecule has 0 aromatic heterocycles. The summed E-state index contributed by atoms with van der Waals surface area (Å²) in [6.45, 7) is 0.106. The summed E-state index contributed by atoms with van der Waals surface area (Å²) in [5.74, 6) is -0.535. The summed E-state index contributed by atoms with van der Waals surface area (Å²) in [6.07, 6.45) is 0.351. The van der Waals surface area contributed by atoms with Crippen LogP contribution in [0.4, 0.5) is 4.39 Å². The lowest BCUT2D eigenvalue weighted by atomic mass is 10.1. The zero-order valence-corrected chi connectivity index (χ0v) is 11.4. The topological polar surface area (TPSA) is 75.3 Å². The van der Waals surface area contributed by atoms with Crippen LogP contribution < -0.4 is 11.1 Å². The van der Waals surface area contributed by atoms with Gasteiger partial charge in [-0.2, -0.15) is 0 Å². The molecule has 21 heavy (non-hydrogen) atoms. The van der Waals surface area contributed by atoms with Gasteiger partial charge in [-0.25, -0.2) is 4.39 Å². The molecule has 0 aliphatic rings. The van der Waals surface area contributed by atoms with Crippen LogP contribution in [0.2, 0.25) is 0 Å². The first-order chi connectivity index (χ1) is 10.1. The van der Waals surface area contributed by atoms with E-state index in [9.17, 15) is 14.3 Å². The SMILES string of the molecule is N[C@H](Cc1ccc(O)cc1)C(=O)NCc1ccccc1F. The maximum atomic E-state index is 13.4. The molecule has 2 aromatic rings. The lowest BCUT2D eigenvalue weighted by Crippen LogP contribution is -2.41. The van der Waals surface area contributed by atoms with E-state index in [4.69, 9.17) is 5.73 Å². The monoisotopic (exact) mass is 288 g/mol. The fraction of sp³-hybridized carbons (Fsp3) is 0.188. The number of carbonyl (C=O) groups excluding carboxylic acids is 1. The van der Waals surface area contributed by atoms with Gasteiger partial charge in [0.25, 0.3) is 0 Å². The molecule has 0 aliphatic heterocycles. The molecule has 4 nitrogen and oxygen atoms in total. The number of hydrogen-bond acceptors (Lipinski definition) is 3. The highest BCUT2D eigenvalue weighted by Crippen LogP contribution is 2.11. The third-order valence-electron chi connectivity index (χ3n) is 3.14. The standard InChI is InChI=1S/C16H17FN2O2/c17-14-4-2-1-3-12(14)10-19-16(21)15(18)9-11-5-7-13(20)8-6-11/h1-8,15,20H,9-10,18H2,(H,19,21)/t15-/m1/s1. The summed E-state index contributed by atoms with van der Waals surface area (Å²) in [7, 11) is 0. The predicted molar refractivity (Wildman–Crippen MR) is 78.0 cm³/mol. The van der Waals surface area contributed by atoms with E-state index >= 15 is 0 Å². The van der Waals surface area contributed by atoms with Crippen LogP contribution in [0.15, 0.2) is 48.5 Å². The number of nitrogens with two attached hydrogens (primary N) is 1. The molecule has 0 radical (unpaired) electrons. The molecule has 0 bridgehead atoms. The Bertz CT molecular complexity index is 614. The van der Waals surface area contributed by atoms with E-state index in [1.54, 1.807) is 42.5 Å². The zero-order valence-electron chi connectivity index (χ0n) is 11.4. The summed E-state index contributed by atoms with van der Waals surface area (Å²) in [5.41, 5.74) is 7.09. The molecule has 0 fully saturated rings. The molecule has 0 aliphatic carbocycles. The van der Waals surface area contributed by atoms with Crippen molar-refractivity contribution in [3.8, 4) is 5.75 Å². The van der Waals surface area contributed by atoms with Gasteiger partial charge >= 0.3 is 0 Å². The van der Waals surface area contributed by atoms with E-state index in [1.807, 2.05) is 0 Å². The molecule has 2 rings (SSSR count). The van der Waals surface area contributed by atoms with E-state index in [0.29, 0.717) is 12.0 Å². The fourth-order valence-corrected chi connectivity index (χ4v) is 1.93. The van der Waals surface area contributed by atoms with Gasteiger partial charge in [-0.3, -0.25) is 4.79 Å². The molecule has 0 saturated carbocycles. The lowest BCUT2D eigenvalue weighted by molar-refractivity contribution is -0.122. The Morgan fingerprint density at radius 2 is 1.86 bits per heavy atom. The van der Waals surface area contributed by atoms with Gasteiger partial charge in [0.05, 0.1) is 6.04 Å². The second-order valence-electron chi connectivity index (χ2n) is 4.79. The second-order valence-corrected chi connectivity index (χ2v) is 4.79. The van der Waals surface area contributed by atoms with Crippen molar-refractivity contribution in [3.63, 3.8) is 0 Å². The van der Waals surface area contributed by atoms with Crippen LogP contribution in [-0.4, -0.2) is 17.1 Å². The van der Waals surface area contributed by atoms with Gasteiger partial charge in [0, 0.05) is 12.1 Å². The summed E-state index contributed by atoms with van der Waals surface area (Å²) in [5, 5.41) is 11.8. The number of rotatable bonds is 5. The summed E-state index contributed by atoms with van der Waals surface area (Å²) < 4.78 is 13.4. The molecule has 5 heteroatoms. The Morgan fingerprint density at radius 1 is 1.19 bits per heavy atom. The molecule has 0 spiro atoms. The Balaban J connectivity index is 1.88. The third kappa shape index (κ3) is 4.29. The highest BCUT2D eigenvalue weighted by Gasteiger charge is 2.14. The van der Waals surface area contributed by atoms with Crippen LogP contribution in [0.5, 0.6) is 5.75 Å². The molecule has 1 amide bonds. The van der Waals surface area contributed by atoms with Gasteiger partial charge in [0.1, 0.15) is 11.6 Å². The van der Waals surface area contributed by atoms with E-state index in [2.05, 4.69) is 5.32 Å². The molecule has 110 valence electrons. The van der Waals surface area contributed by atoms with Gasteiger partial charge in [-0.15, -0.1) is 0 Å². The largest absolute Gasteiger partial charge is 0.508 e. The number of nitrogens with one attached hydrogen (secondary N) is 1. The first-order valence-electron chi connectivity index (χ1n) is 6.61. The molecule has 1 atom stereocenters. The number of hydrogen-bond donors (Lipinski definition) is 3. The minimum Gasteiger partial charge on any atom is -0.508 e. The van der Waals surface area contributed by atoms with Crippen LogP contribution >= 0.6 is 0 Å². The van der Waals surface area contributed by atoms with Crippen LogP contribution in [0.1, 0.15) is 11.1 Å². The zero-order chi connectivity index (χ0) is 15.2. The summed E-state index contributed by atoms with van der Waals surface area (Å²) in [4.78, 5) is 11.9. The normalized spacial score (nSPS) is 11.9. The van der Waals surface area contributed by atoms with E-state index in [0.717, 1.165) is 5.56 Å². The van der Waals surface area contributed by atoms with Crippen LogP contribution in [-0.2, 0) is 17.8 Å². The Kier molecular flexibility index (Phi) is 4.90. The van der Waals surface area contributed by atoms with Crippen molar-refractivity contribution in [1.82, 2.24) is 5.32 Å². The van der Waals surface area contributed by atoms with Crippen molar-refractivity contribution in [2.75, 3.05) is 0 Å². The number of aromatic hydroxyl groups is 1. The van der Waals surface area contributed by atoms with Crippen LogP contribution in [0.3, 0.4) is 0 Å². The first kappa shape index (κ1) is 15.0. The molecule has 0 unspecified atom stereocenters. The fourth-order valence-electron chi connectivity index (χ4n) is 1.93. The minimum absolute atomic E-state index is 0.106. The average molecular weight is 288 g/mol. The smallest absolute Gasteiger partial charge is 0.237 e. The Labute approximate surface area is 122 Å². The van der Waals surface area contributed by atoms with Gasteiger partial charge in [-0.1, -0.05) is 30.3 Å². The second kappa shape index (κ2) is 6.85. The molecule has 4 N–H and O–H groups in total.